The summed E-state index contributed by atoms with van der Waals surface area (Å²) in [6.07, 6.45) is 4.90. The average Bonchev–Trinajstić information content (AvgIpc) is 3.24. The van der Waals surface area contributed by atoms with Gasteiger partial charge in [0.1, 0.15) is 0 Å². The molecule has 0 saturated heterocycles. The molecule has 0 aromatic heterocycles. The normalized spacial score (nSPS) is 29.2. The molecule has 2 saturated carbocycles. The van der Waals surface area contributed by atoms with Crippen molar-refractivity contribution in [2.45, 2.75) is 39.5 Å². The zero-order valence-corrected chi connectivity index (χ0v) is 14.4. The predicted molar refractivity (Wildman–Crippen MR) is 97.9 cm³/mol. The summed E-state index contributed by atoms with van der Waals surface area (Å²) in [4.78, 5) is 12.6. The monoisotopic (exact) mass is 320 g/mol. The van der Waals surface area contributed by atoms with E-state index in [2.05, 4.69) is 41.7 Å². The Bertz CT molecular complexity index is 820. The van der Waals surface area contributed by atoms with Crippen LogP contribution in [-0.4, -0.2) is 11.6 Å². The Morgan fingerprint density at radius 3 is 2.75 bits per heavy atom. The zero-order chi connectivity index (χ0) is 16.7. The SMILES string of the molecule is C/C(=N/NC(=O)[C@@H]1[C@@H]2CCCC[C@@]12C)c1cccc2ccccc12. The first-order chi connectivity index (χ1) is 11.6. The third-order valence-corrected chi connectivity index (χ3v) is 6.13. The topological polar surface area (TPSA) is 41.5 Å². The molecule has 3 nitrogen and oxygen atoms in total. The first-order valence-corrected chi connectivity index (χ1v) is 8.93. The van der Waals surface area contributed by atoms with Crippen LogP contribution in [0.5, 0.6) is 0 Å². The van der Waals surface area contributed by atoms with E-state index in [1.807, 2.05) is 25.1 Å². The lowest BCUT2D eigenvalue weighted by molar-refractivity contribution is -0.123. The van der Waals surface area contributed by atoms with E-state index in [-0.39, 0.29) is 17.2 Å². The standard InChI is InChI=1S/C21H24N2O/c1-14(16-11-7-9-15-8-3-4-10-17(15)16)22-23-20(24)19-18-12-5-6-13-21(18,19)2/h3-4,7-11,18-19H,5-6,12-13H2,1-2H3,(H,23,24)/b22-14-/t18-,19-,21+/m0/s1. The second-order valence-corrected chi connectivity index (χ2v) is 7.54. The minimum Gasteiger partial charge on any atom is -0.273 e. The molecule has 124 valence electrons. The Morgan fingerprint density at radius 2 is 1.96 bits per heavy atom. The predicted octanol–water partition coefficient (Wildman–Crippen LogP) is 4.51. The van der Waals surface area contributed by atoms with Gasteiger partial charge in [0.15, 0.2) is 0 Å². The summed E-state index contributed by atoms with van der Waals surface area (Å²) in [6.45, 7) is 4.23. The molecular formula is C21H24N2O. The number of fused-ring (bicyclic) bond motifs is 2. The first-order valence-electron chi connectivity index (χ1n) is 8.93. The number of benzene rings is 2. The van der Waals surface area contributed by atoms with Crippen LogP contribution >= 0.6 is 0 Å². The van der Waals surface area contributed by atoms with Gasteiger partial charge in [-0.3, -0.25) is 4.79 Å². The molecule has 1 N–H and O–H groups in total. The highest BCUT2D eigenvalue weighted by Gasteiger charge is 2.64. The van der Waals surface area contributed by atoms with Crippen LogP contribution in [0.3, 0.4) is 0 Å². The summed E-state index contributed by atoms with van der Waals surface area (Å²) in [5.74, 6) is 0.826. The minimum atomic E-state index is 0.101. The van der Waals surface area contributed by atoms with Crippen LogP contribution in [0.1, 0.15) is 45.1 Å². The quantitative estimate of drug-likeness (QED) is 0.656. The van der Waals surface area contributed by atoms with Gasteiger partial charge >= 0.3 is 0 Å². The summed E-state index contributed by atoms with van der Waals surface area (Å²) in [7, 11) is 0. The molecule has 0 bridgehead atoms. The van der Waals surface area contributed by atoms with Gasteiger partial charge < -0.3 is 0 Å². The Balaban J connectivity index is 1.52. The number of hydrogen-bond donors (Lipinski definition) is 1. The lowest BCUT2D eigenvalue weighted by Crippen LogP contribution is -2.23. The Kier molecular flexibility index (Phi) is 3.67. The molecule has 2 aliphatic carbocycles. The number of nitrogens with one attached hydrogen (secondary N) is 1. The van der Waals surface area contributed by atoms with Crippen LogP contribution in [0.15, 0.2) is 47.6 Å². The van der Waals surface area contributed by atoms with E-state index < -0.39 is 0 Å². The third-order valence-electron chi connectivity index (χ3n) is 6.13. The van der Waals surface area contributed by atoms with Crippen LogP contribution in [0.4, 0.5) is 0 Å². The number of carbonyl (C=O) groups is 1. The van der Waals surface area contributed by atoms with Crippen LogP contribution in [0.25, 0.3) is 10.8 Å². The van der Waals surface area contributed by atoms with Crippen LogP contribution in [0.2, 0.25) is 0 Å². The Hall–Kier alpha value is -2.16. The fourth-order valence-corrected chi connectivity index (χ4v) is 4.66. The van der Waals surface area contributed by atoms with Crippen LogP contribution < -0.4 is 5.43 Å². The number of hydrazone groups is 1. The van der Waals surface area contributed by atoms with E-state index in [0.29, 0.717) is 5.92 Å². The van der Waals surface area contributed by atoms with Crippen molar-refractivity contribution in [2.24, 2.45) is 22.4 Å². The Labute approximate surface area is 143 Å². The van der Waals surface area contributed by atoms with E-state index in [1.54, 1.807) is 0 Å². The molecule has 4 rings (SSSR count). The molecule has 2 aromatic carbocycles. The molecular weight excluding hydrogens is 296 g/mol. The van der Waals surface area contributed by atoms with Crippen molar-refractivity contribution in [3.63, 3.8) is 0 Å². The maximum Gasteiger partial charge on any atom is 0.244 e. The number of nitrogens with zero attached hydrogens (tertiary/aromatic N) is 1. The number of carbonyl (C=O) groups excluding carboxylic acids is 1. The second-order valence-electron chi connectivity index (χ2n) is 7.54. The molecule has 3 atom stereocenters. The van der Waals surface area contributed by atoms with Gasteiger partial charge in [0.05, 0.1) is 5.71 Å². The zero-order valence-electron chi connectivity index (χ0n) is 14.4. The molecule has 24 heavy (non-hydrogen) atoms. The van der Waals surface area contributed by atoms with E-state index in [0.717, 1.165) is 11.3 Å². The highest BCUT2D eigenvalue weighted by atomic mass is 16.2. The first kappa shape index (κ1) is 15.4. The van der Waals surface area contributed by atoms with E-state index in [9.17, 15) is 4.79 Å². The summed E-state index contributed by atoms with van der Waals surface area (Å²) in [6, 6.07) is 14.5. The summed E-state index contributed by atoms with van der Waals surface area (Å²) < 4.78 is 0. The Morgan fingerprint density at radius 1 is 1.17 bits per heavy atom. The van der Waals surface area contributed by atoms with Crippen molar-refractivity contribution in [1.82, 2.24) is 5.43 Å². The van der Waals surface area contributed by atoms with Gasteiger partial charge in [-0.1, -0.05) is 62.2 Å². The maximum absolute atomic E-state index is 12.6. The molecule has 0 heterocycles. The highest BCUT2D eigenvalue weighted by molar-refractivity contribution is 6.10. The largest absolute Gasteiger partial charge is 0.273 e. The fourth-order valence-electron chi connectivity index (χ4n) is 4.66. The minimum absolute atomic E-state index is 0.101. The van der Waals surface area contributed by atoms with Gasteiger partial charge in [0.25, 0.3) is 0 Å². The molecule has 1 amide bonds. The summed E-state index contributed by atoms with van der Waals surface area (Å²) in [5, 5.41) is 6.77. The molecule has 0 spiro atoms. The van der Waals surface area contributed by atoms with Crippen molar-refractivity contribution in [3.8, 4) is 0 Å². The number of amides is 1. The van der Waals surface area contributed by atoms with Crippen molar-refractivity contribution < 1.29 is 4.79 Å². The van der Waals surface area contributed by atoms with E-state index in [1.165, 1.54) is 36.5 Å². The van der Waals surface area contributed by atoms with Crippen molar-refractivity contribution in [2.75, 3.05) is 0 Å². The average molecular weight is 320 g/mol. The van der Waals surface area contributed by atoms with Gasteiger partial charge in [-0.25, -0.2) is 5.43 Å². The van der Waals surface area contributed by atoms with Gasteiger partial charge in [-0.05, 0) is 41.9 Å². The lowest BCUT2D eigenvalue weighted by Gasteiger charge is -2.15. The molecule has 0 radical (unpaired) electrons. The number of hydrogen-bond acceptors (Lipinski definition) is 2. The molecule has 0 unspecified atom stereocenters. The van der Waals surface area contributed by atoms with Gasteiger partial charge in [-0.15, -0.1) is 0 Å². The summed E-state index contributed by atoms with van der Waals surface area (Å²) in [5.41, 5.74) is 5.00. The third kappa shape index (κ3) is 2.43. The molecule has 2 aliphatic rings. The second kappa shape index (κ2) is 5.73. The van der Waals surface area contributed by atoms with Crippen LogP contribution in [0, 0.1) is 17.3 Å². The van der Waals surface area contributed by atoms with Crippen molar-refractivity contribution in [1.29, 1.82) is 0 Å². The lowest BCUT2D eigenvalue weighted by atomic mass is 9.90. The molecule has 3 heteroatoms. The number of rotatable bonds is 3. The van der Waals surface area contributed by atoms with E-state index in [4.69, 9.17) is 0 Å². The van der Waals surface area contributed by atoms with Crippen LogP contribution in [-0.2, 0) is 4.79 Å². The highest BCUT2D eigenvalue weighted by Crippen LogP contribution is 2.66. The smallest absolute Gasteiger partial charge is 0.244 e. The molecule has 2 aromatic rings. The van der Waals surface area contributed by atoms with Crippen molar-refractivity contribution >= 4 is 22.4 Å². The van der Waals surface area contributed by atoms with Gasteiger partial charge in [0.2, 0.25) is 5.91 Å². The fraction of sp³-hybridized carbons (Fsp3) is 0.429. The summed E-state index contributed by atoms with van der Waals surface area (Å²) >= 11 is 0. The molecule has 0 aliphatic heterocycles. The maximum atomic E-state index is 12.6. The molecule has 2 fully saturated rings. The van der Waals surface area contributed by atoms with Crippen molar-refractivity contribution in [3.05, 3.63) is 48.0 Å². The van der Waals surface area contributed by atoms with Gasteiger partial charge in [0, 0.05) is 11.5 Å². The van der Waals surface area contributed by atoms with Gasteiger partial charge in [-0.2, -0.15) is 5.10 Å². The van der Waals surface area contributed by atoms with E-state index >= 15 is 0 Å².